The average Bonchev–Trinajstić information content (AvgIpc) is 2.94. The Morgan fingerprint density at radius 1 is 1.54 bits per heavy atom. The monoisotopic (exact) mass is 338 g/mol. The third kappa shape index (κ3) is 5.06. The molecule has 7 heteroatoms. The van der Waals surface area contributed by atoms with E-state index in [-0.39, 0.29) is 29.9 Å². The number of amides is 2. The minimum Gasteiger partial charge on any atom is -0.395 e. The van der Waals surface area contributed by atoms with Crippen molar-refractivity contribution in [2.75, 3.05) is 37.7 Å². The Morgan fingerprint density at radius 2 is 2.29 bits per heavy atom. The highest BCUT2D eigenvalue weighted by Crippen LogP contribution is 2.21. The van der Waals surface area contributed by atoms with Crippen LogP contribution in [-0.2, 0) is 0 Å². The summed E-state index contributed by atoms with van der Waals surface area (Å²) in [6.45, 7) is 8.11. The number of rotatable bonds is 5. The van der Waals surface area contributed by atoms with Crippen molar-refractivity contribution in [2.45, 2.75) is 33.2 Å². The molecule has 134 valence electrons. The number of hydrogen-bond donors (Lipinski definition) is 2. The minimum atomic E-state index is -0.348. The van der Waals surface area contributed by atoms with E-state index in [4.69, 9.17) is 0 Å². The molecule has 2 N–H and O–H groups in total. The molecule has 6 nitrogen and oxygen atoms in total. The van der Waals surface area contributed by atoms with Gasteiger partial charge in [-0.15, -0.1) is 0 Å². The van der Waals surface area contributed by atoms with Crippen LogP contribution >= 0.6 is 0 Å². The number of hydrogen-bond acceptors (Lipinski definition) is 4. The van der Waals surface area contributed by atoms with Crippen molar-refractivity contribution in [3.05, 3.63) is 24.1 Å². The molecule has 0 aliphatic carbocycles. The normalized spacial score (nSPS) is 17.9. The number of carbonyl (C=O) groups is 1. The summed E-state index contributed by atoms with van der Waals surface area (Å²) in [7, 11) is 0. The Kier molecular flexibility index (Phi) is 5.99. The van der Waals surface area contributed by atoms with Gasteiger partial charge in [-0.25, -0.2) is 14.2 Å². The molecule has 2 rings (SSSR count). The van der Waals surface area contributed by atoms with Crippen LogP contribution in [-0.4, -0.2) is 59.8 Å². The fourth-order valence-corrected chi connectivity index (χ4v) is 2.89. The van der Waals surface area contributed by atoms with E-state index in [1.165, 1.54) is 6.07 Å². The topological polar surface area (TPSA) is 68.7 Å². The van der Waals surface area contributed by atoms with Crippen molar-refractivity contribution < 1.29 is 14.3 Å². The molecule has 0 aromatic carbocycles. The van der Waals surface area contributed by atoms with Crippen LogP contribution in [0.25, 0.3) is 0 Å². The van der Waals surface area contributed by atoms with Gasteiger partial charge in [0, 0.05) is 38.4 Å². The van der Waals surface area contributed by atoms with Crippen LogP contribution in [0.5, 0.6) is 0 Å². The van der Waals surface area contributed by atoms with Crippen LogP contribution < -0.4 is 10.2 Å². The van der Waals surface area contributed by atoms with Gasteiger partial charge in [0.25, 0.3) is 0 Å². The third-order valence-electron chi connectivity index (χ3n) is 3.88. The fraction of sp³-hybridized carbons (Fsp3) is 0.647. The van der Waals surface area contributed by atoms with Crippen molar-refractivity contribution in [3.63, 3.8) is 0 Å². The number of nitrogens with zero attached hydrogens (tertiary/aromatic N) is 3. The van der Waals surface area contributed by atoms with Gasteiger partial charge in [-0.1, -0.05) is 20.8 Å². The molecule has 0 saturated carbocycles. The van der Waals surface area contributed by atoms with Gasteiger partial charge in [-0.2, -0.15) is 0 Å². The number of nitrogens with one attached hydrogen (secondary N) is 1. The summed E-state index contributed by atoms with van der Waals surface area (Å²) in [5, 5.41) is 12.2. The van der Waals surface area contributed by atoms with E-state index in [2.05, 4.69) is 10.3 Å². The zero-order valence-electron chi connectivity index (χ0n) is 14.6. The Hall–Kier alpha value is -1.89. The highest BCUT2D eigenvalue weighted by molar-refractivity contribution is 5.74. The van der Waals surface area contributed by atoms with Gasteiger partial charge < -0.3 is 20.2 Å². The first-order chi connectivity index (χ1) is 11.3. The molecule has 0 bridgehead atoms. The number of urea groups is 1. The molecule has 0 unspecified atom stereocenters. The summed E-state index contributed by atoms with van der Waals surface area (Å²) in [6, 6.07) is 2.71. The highest BCUT2D eigenvalue weighted by atomic mass is 19.1. The third-order valence-corrected chi connectivity index (χ3v) is 3.88. The summed E-state index contributed by atoms with van der Waals surface area (Å²) in [5.41, 5.74) is -0.0503. The van der Waals surface area contributed by atoms with Crippen molar-refractivity contribution in [1.29, 1.82) is 0 Å². The van der Waals surface area contributed by atoms with Crippen LogP contribution in [0, 0.1) is 11.2 Å². The van der Waals surface area contributed by atoms with E-state index in [1.807, 2.05) is 25.7 Å². The predicted molar refractivity (Wildman–Crippen MR) is 91.5 cm³/mol. The van der Waals surface area contributed by atoms with Gasteiger partial charge in [0.15, 0.2) is 11.6 Å². The molecule has 2 amide bonds. The van der Waals surface area contributed by atoms with Crippen LogP contribution in [0.4, 0.5) is 15.0 Å². The average molecular weight is 338 g/mol. The second-order valence-corrected chi connectivity index (χ2v) is 7.40. The fourth-order valence-electron chi connectivity index (χ4n) is 2.89. The van der Waals surface area contributed by atoms with E-state index in [0.717, 1.165) is 6.42 Å². The van der Waals surface area contributed by atoms with E-state index in [1.54, 1.807) is 17.2 Å². The van der Waals surface area contributed by atoms with Crippen LogP contribution in [0.3, 0.4) is 0 Å². The predicted octanol–water partition coefficient (Wildman–Crippen LogP) is 1.85. The summed E-state index contributed by atoms with van der Waals surface area (Å²) in [6.07, 6.45) is 2.31. The van der Waals surface area contributed by atoms with E-state index in [0.29, 0.717) is 32.0 Å². The molecule has 1 aromatic rings. The molecule has 1 aliphatic rings. The summed E-state index contributed by atoms with van der Waals surface area (Å²) >= 11 is 0. The van der Waals surface area contributed by atoms with Gasteiger partial charge in [0.1, 0.15) is 0 Å². The van der Waals surface area contributed by atoms with Gasteiger partial charge in [0.05, 0.1) is 6.61 Å². The minimum absolute atomic E-state index is 0.0503. The molecule has 1 saturated heterocycles. The number of aliphatic hydroxyl groups excluding tert-OH is 1. The molecule has 0 spiro atoms. The molecular formula is C17H27FN4O2. The number of carbonyl (C=O) groups excluding carboxylic acids is 1. The molecule has 24 heavy (non-hydrogen) atoms. The lowest BCUT2D eigenvalue weighted by Crippen LogP contribution is -2.49. The Balaban J connectivity index is 1.93. The van der Waals surface area contributed by atoms with Gasteiger partial charge in [0.2, 0.25) is 0 Å². The highest BCUT2D eigenvalue weighted by Gasteiger charge is 2.28. The first-order valence-corrected chi connectivity index (χ1v) is 8.32. The molecule has 1 fully saturated rings. The number of aliphatic hydroxyl groups is 1. The van der Waals surface area contributed by atoms with Crippen LogP contribution in [0.15, 0.2) is 18.3 Å². The lowest BCUT2D eigenvalue weighted by atomic mass is 9.96. The largest absolute Gasteiger partial charge is 0.395 e. The summed E-state index contributed by atoms with van der Waals surface area (Å²) in [4.78, 5) is 20.0. The van der Waals surface area contributed by atoms with Gasteiger partial charge >= 0.3 is 6.03 Å². The van der Waals surface area contributed by atoms with Crippen molar-refractivity contribution in [2.24, 2.45) is 5.41 Å². The molecule has 1 aromatic heterocycles. The molecule has 1 aliphatic heterocycles. The van der Waals surface area contributed by atoms with E-state index < -0.39 is 0 Å². The SMILES string of the molecule is CC(C)(C)CN(CCO)C(=O)N[C@H]1CCN(c2ncccc2F)C1. The summed E-state index contributed by atoms with van der Waals surface area (Å²) < 4.78 is 13.8. The molecule has 1 atom stereocenters. The molecule has 2 heterocycles. The lowest BCUT2D eigenvalue weighted by molar-refractivity contribution is 0.150. The van der Waals surface area contributed by atoms with Crippen LogP contribution in [0.1, 0.15) is 27.2 Å². The van der Waals surface area contributed by atoms with Gasteiger partial charge in [-0.05, 0) is 24.0 Å². The first-order valence-electron chi connectivity index (χ1n) is 8.32. The maximum absolute atomic E-state index is 13.8. The van der Waals surface area contributed by atoms with E-state index >= 15 is 0 Å². The number of halogens is 1. The maximum atomic E-state index is 13.8. The second kappa shape index (κ2) is 7.79. The Morgan fingerprint density at radius 3 is 2.92 bits per heavy atom. The smallest absolute Gasteiger partial charge is 0.317 e. The van der Waals surface area contributed by atoms with E-state index in [9.17, 15) is 14.3 Å². The number of pyridine rings is 1. The second-order valence-electron chi connectivity index (χ2n) is 7.40. The summed E-state index contributed by atoms with van der Waals surface area (Å²) in [5.74, 6) is -0.0183. The standard InChI is InChI=1S/C17H27FN4O2/c1-17(2,3)12-22(9-10-23)16(24)20-13-6-8-21(11-13)15-14(18)5-4-7-19-15/h4-5,7,13,23H,6,8-12H2,1-3H3,(H,20,24)/t13-/m0/s1. The Labute approximate surface area is 142 Å². The molecule has 0 radical (unpaired) electrons. The maximum Gasteiger partial charge on any atom is 0.317 e. The van der Waals surface area contributed by atoms with Crippen molar-refractivity contribution in [1.82, 2.24) is 15.2 Å². The lowest BCUT2D eigenvalue weighted by Gasteiger charge is -2.30. The number of aromatic nitrogens is 1. The van der Waals surface area contributed by atoms with Crippen LogP contribution in [0.2, 0.25) is 0 Å². The quantitative estimate of drug-likeness (QED) is 0.860. The zero-order valence-corrected chi connectivity index (χ0v) is 14.6. The Bertz CT molecular complexity index is 562. The molecular weight excluding hydrogens is 311 g/mol. The zero-order chi connectivity index (χ0) is 17.7. The van der Waals surface area contributed by atoms with Crippen molar-refractivity contribution >= 4 is 11.8 Å². The van der Waals surface area contributed by atoms with Gasteiger partial charge in [-0.3, -0.25) is 0 Å². The van der Waals surface area contributed by atoms with Crippen molar-refractivity contribution in [3.8, 4) is 0 Å². The number of anilines is 1. The first kappa shape index (κ1) is 18.4.